The molecule has 5 aromatic rings. The monoisotopic (exact) mass is 467 g/mol. The first kappa shape index (κ1) is 13.1. The fraction of sp³-hybridized carbons (Fsp3) is 0.303. The Morgan fingerprint density at radius 2 is 1.57 bits per heavy atom. The Kier molecular flexibility index (Phi) is 2.73. The average Bonchev–Trinajstić information content (AvgIpc) is 3.45. The van der Waals surface area contributed by atoms with Gasteiger partial charge in [-0.2, -0.15) is 0 Å². The van der Waals surface area contributed by atoms with E-state index in [1.807, 2.05) is 20.8 Å². The highest BCUT2D eigenvalue weighted by Crippen LogP contribution is 2.49. The maximum absolute atomic E-state index is 9.37. The molecule has 2 heterocycles. The Morgan fingerprint density at radius 1 is 0.857 bits per heavy atom. The SMILES string of the molecule is [2H]C([2H])(c1ccnc(-c2cccc3c2oc2cc4c(cc23)C([2H])([2H])C2(C([2H])([2H])c3ccccc3C2([2H])[2H])C4([2H])[2H])c1)C(C)(C)C. The maximum atomic E-state index is 9.37. The molecule has 2 heteroatoms. The highest BCUT2D eigenvalue weighted by Gasteiger charge is 2.42. The third-order valence-corrected chi connectivity index (χ3v) is 6.41. The van der Waals surface area contributed by atoms with E-state index in [9.17, 15) is 5.48 Å². The van der Waals surface area contributed by atoms with Crippen molar-refractivity contribution in [1.82, 2.24) is 4.98 Å². The van der Waals surface area contributed by atoms with Gasteiger partial charge < -0.3 is 4.42 Å². The lowest BCUT2D eigenvalue weighted by molar-refractivity contribution is 0.326. The molecule has 174 valence electrons. The van der Waals surface area contributed by atoms with Crippen LogP contribution in [0.1, 0.15) is 62.3 Å². The van der Waals surface area contributed by atoms with Crippen molar-refractivity contribution < 1.29 is 18.1 Å². The molecule has 0 radical (unpaired) electrons. The van der Waals surface area contributed by atoms with Gasteiger partial charge in [0, 0.05) is 36.2 Å². The van der Waals surface area contributed by atoms with Crippen molar-refractivity contribution >= 4 is 21.9 Å². The normalized spacial score (nSPS) is 26.7. The van der Waals surface area contributed by atoms with Gasteiger partial charge in [-0.1, -0.05) is 57.2 Å². The third kappa shape index (κ3) is 3.50. The molecule has 0 fully saturated rings. The summed E-state index contributed by atoms with van der Waals surface area (Å²) in [5, 5.41) is 1.06. The Morgan fingerprint density at radius 3 is 2.31 bits per heavy atom. The highest BCUT2D eigenvalue weighted by molar-refractivity contribution is 6.09. The van der Waals surface area contributed by atoms with Gasteiger partial charge in [0.05, 0.1) is 5.69 Å². The molecule has 7 rings (SSSR count). The van der Waals surface area contributed by atoms with E-state index in [-0.39, 0.29) is 27.8 Å². The van der Waals surface area contributed by atoms with Crippen LogP contribution in [0.5, 0.6) is 0 Å². The molecule has 3 aromatic carbocycles. The van der Waals surface area contributed by atoms with Gasteiger partial charge >= 0.3 is 0 Å². The van der Waals surface area contributed by atoms with Crippen molar-refractivity contribution in [2.75, 3.05) is 0 Å². The van der Waals surface area contributed by atoms with Crippen molar-refractivity contribution in [3.63, 3.8) is 0 Å². The molecule has 0 saturated heterocycles. The van der Waals surface area contributed by atoms with Crippen LogP contribution in [0.2, 0.25) is 0 Å². The van der Waals surface area contributed by atoms with Gasteiger partial charge in [-0.05, 0) is 101 Å². The van der Waals surface area contributed by atoms with E-state index < -0.39 is 42.7 Å². The number of benzene rings is 3. The van der Waals surface area contributed by atoms with E-state index in [2.05, 4.69) is 4.98 Å². The van der Waals surface area contributed by atoms with Crippen molar-refractivity contribution in [1.29, 1.82) is 0 Å². The zero-order valence-electron chi connectivity index (χ0n) is 29.8. The topological polar surface area (TPSA) is 26.0 Å². The quantitative estimate of drug-likeness (QED) is 0.262. The zero-order valence-corrected chi connectivity index (χ0v) is 19.8. The van der Waals surface area contributed by atoms with Crippen LogP contribution in [0, 0.1) is 10.8 Å². The molecule has 2 aromatic heterocycles. The standard InChI is InChI=1S/C33H31NO/c1-32(2,3)16-21-11-12-34-29(13-21)27-10-6-9-26-28-14-24-19-33(17-22-7-4-5-8-23(22)18-33)20-25(24)15-30(28)35-31(26)27/h4-15H,16-20H2,1-3H3/i16D2,17D2,18D2,19D2,20D2. The summed E-state index contributed by atoms with van der Waals surface area (Å²) in [7, 11) is 0. The molecule has 2 aliphatic rings. The minimum Gasteiger partial charge on any atom is -0.455 e. The van der Waals surface area contributed by atoms with Crippen LogP contribution in [0.25, 0.3) is 33.2 Å². The second-order valence-corrected chi connectivity index (χ2v) is 10.3. The molecule has 0 saturated carbocycles. The summed E-state index contributed by atoms with van der Waals surface area (Å²) in [6.45, 7) is 5.48. The number of hydrogen-bond acceptors (Lipinski definition) is 2. The van der Waals surface area contributed by atoms with Gasteiger partial charge in [-0.3, -0.25) is 4.98 Å². The van der Waals surface area contributed by atoms with Crippen LogP contribution in [0.15, 0.2) is 77.3 Å². The second kappa shape index (κ2) is 7.31. The molecule has 0 unspecified atom stereocenters. The predicted octanol–water partition coefficient (Wildman–Crippen LogP) is 8.12. The van der Waals surface area contributed by atoms with Crippen LogP contribution < -0.4 is 0 Å². The van der Waals surface area contributed by atoms with E-state index >= 15 is 0 Å². The second-order valence-electron chi connectivity index (χ2n) is 10.3. The van der Waals surface area contributed by atoms with Gasteiger partial charge in [-0.25, -0.2) is 0 Å². The molecule has 35 heavy (non-hydrogen) atoms. The minimum atomic E-state index is -2.79. The van der Waals surface area contributed by atoms with Crippen LogP contribution in [0.4, 0.5) is 0 Å². The fourth-order valence-electron chi connectivity index (χ4n) is 5.04. The average molecular weight is 468 g/mol. The number of para-hydroxylation sites is 1. The summed E-state index contributed by atoms with van der Waals surface area (Å²) < 4.78 is 97.8. The van der Waals surface area contributed by atoms with Crippen LogP contribution in [-0.4, -0.2) is 4.98 Å². The maximum Gasteiger partial charge on any atom is 0.144 e. The molecule has 0 amide bonds. The molecule has 0 bridgehead atoms. The van der Waals surface area contributed by atoms with Crippen molar-refractivity contribution in [2.24, 2.45) is 10.8 Å². The van der Waals surface area contributed by atoms with Crippen molar-refractivity contribution in [2.45, 2.75) is 52.6 Å². The summed E-state index contributed by atoms with van der Waals surface area (Å²) in [6, 6.07) is 17.5. The number of rotatable bonds is 2. The Labute approximate surface area is 221 Å². The lowest BCUT2D eigenvalue weighted by Gasteiger charge is -2.21. The summed E-state index contributed by atoms with van der Waals surface area (Å²) in [5.74, 6) is 0. The van der Waals surface area contributed by atoms with Crippen LogP contribution in [-0.2, 0) is 31.9 Å². The van der Waals surface area contributed by atoms with E-state index in [0.717, 1.165) is 0 Å². The molecule has 2 nitrogen and oxygen atoms in total. The first-order chi connectivity index (χ1) is 20.7. The third-order valence-electron chi connectivity index (χ3n) is 6.41. The van der Waals surface area contributed by atoms with Crippen LogP contribution >= 0.6 is 0 Å². The zero-order chi connectivity index (χ0) is 32.8. The van der Waals surface area contributed by atoms with Gasteiger partial charge in [0.1, 0.15) is 11.2 Å². The lowest BCUT2D eigenvalue weighted by Crippen LogP contribution is -2.21. The smallest absolute Gasteiger partial charge is 0.144 e. The Hall–Kier alpha value is -3.39. The van der Waals surface area contributed by atoms with E-state index in [4.69, 9.17) is 12.6 Å². The minimum absolute atomic E-state index is 0.0556. The number of fused-ring (bicyclic) bond motifs is 5. The van der Waals surface area contributed by atoms with Gasteiger partial charge in [0.15, 0.2) is 0 Å². The van der Waals surface area contributed by atoms with E-state index in [1.54, 1.807) is 48.7 Å². The largest absolute Gasteiger partial charge is 0.455 e. The summed E-state index contributed by atoms with van der Waals surface area (Å²) in [4.78, 5) is 4.50. The predicted molar refractivity (Wildman–Crippen MR) is 144 cm³/mol. The molecular formula is C33H31NO. The number of furan rings is 1. The van der Waals surface area contributed by atoms with Crippen molar-refractivity contribution in [3.8, 4) is 11.3 Å². The van der Waals surface area contributed by atoms with Crippen LogP contribution in [0.3, 0.4) is 0 Å². The number of hydrogen-bond donors (Lipinski definition) is 0. The first-order valence-corrected chi connectivity index (χ1v) is 11.8. The fourth-order valence-corrected chi connectivity index (χ4v) is 5.04. The van der Waals surface area contributed by atoms with E-state index in [1.165, 1.54) is 24.3 Å². The molecular weight excluding hydrogens is 426 g/mol. The summed E-state index contributed by atoms with van der Waals surface area (Å²) in [6.07, 6.45) is -11.1. The summed E-state index contributed by atoms with van der Waals surface area (Å²) in [5.41, 5.74) is -1.67. The summed E-state index contributed by atoms with van der Waals surface area (Å²) >= 11 is 0. The molecule has 2 aliphatic carbocycles. The highest BCUT2D eigenvalue weighted by atomic mass is 16.3. The number of aromatic nitrogens is 1. The molecule has 1 spiro atoms. The van der Waals surface area contributed by atoms with Gasteiger partial charge in [-0.15, -0.1) is 0 Å². The molecule has 0 N–H and O–H groups in total. The van der Waals surface area contributed by atoms with Gasteiger partial charge in [0.2, 0.25) is 0 Å². The lowest BCUT2D eigenvalue weighted by atomic mass is 9.82. The van der Waals surface area contributed by atoms with Gasteiger partial charge in [0.25, 0.3) is 0 Å². The number of nitrogens with zero attached hydrogens (tertiary/aromatic N) is 1. The number of pyridine rings is 1. The molecule has 0 atom stereocenters. The molecule has 0 aliphatic heterocycles. The van der Waals surface area contributed by atoms with E-state index in [0.29, 0.717) is 33.2 Å². The first-order valence-electron chi connectivity index (χ1n) is 16.8. The van der Waals surface area contributed by atoms with Crippen molar-refractivity contribution in [3.05, 3.63) is 101 Å². The Bertz CT molecular complexity index is 2020. The Balaban J connectivity index is 1.45.